The van der Waals surface area contributed by atoms with E-state index in [1.165, 1.54) is 12.8 Å². The summed E-state index contributed by atoms with van der Waals surface area (Å²) < 4.78 is 0. The number of allylic oxidation sites excluding steroid dienone is 1. The molecule has 2 atom stereocenters. The molecule has 0 heterocycles. The Labute approximate surface area is 71.7 Å². The molecular weight excluding hydrogens is 132 g/mol. The summed E-state index contributed by atoms with van der Waals surface area (Å²) in [4.78, 5) is 0. The van der Waals surface area contributed by atoms with E-state index in [9.17, 15) is 0 Å². The Hall–Kier alpha value is -0.260. The molecule has 0 aliphatic rings. The molecule has 0 aromatic rings. The maximum Gasteiger partial charge on any atom is -0.0262 e. The minimum absolute atomic E-state index is 0.684. The highest BCUT2D eigenvalue weighted by atomic mass is 14.1. The van der Waals surface area contributed by atoms with Gasteiger partial charge in [0.05, 0.1) is 0 Å². The summed E-state index contributed by atoms with van der Waals surface area (Å²) in [6.07, 6.45) is 4.69. The molecule has 2 unspecified atom stereocenters. The first kappa shape index (κ1) is 10.7. The quantitative estimate of drug-likeness (QED) is 0.527. The molecule has 0 aromatic carbocycles. The van der Waals surface area contributed by atoms with Crippen LogP contribution in [0.2, 0.25) is 0 Å². The van der Waals surface area contributed by atoms with Crippen molar-refractivity contribution in [3.8, 4) is 0 Å². The Morgan fingerprint density at radius 2 is 1.64 bits per heavy atom. The van der Waals surface area contributed by atoms with Crippen LogP contribution in [0.3, 0.4) is 0 Å². The molecule has 0 fully saturated rings. The van der Waals surface area contributed by atoms with E-state index < -0.39 is 0 Å². The molecule has 0 aliphatic carbocycles. The Morgan fingerprint density at radius 1 is 1.09 bits per heavy atom. The summed E-state index contributed by atoms with van der Waals surface area (Å²) in [6, 6.07) is 0. The summed E-state index contributed by atoms with van der Waals surface area (Å²) in [5.41, 5.74) is 0. The summed E-state index contributed by atoms with van der Waals surface area (Å²) in [7, 11) is 0. The number of hydrogen-bond acceptors (Lipinski definition) is 0. The normalized spacial score (nSPS) is 16.5. The van der Waals surface area contributed by atoms with Gasteiger partial charge in [-0.15, -0.1) is 6.58 Å². The molecule has 0 radical (unpaired) electrons. The third kappa shape index (κ3) is 6.15. The summed E-state index contributed by atoms with van der Waals surface area (Å²) in [5, 5.41) is 0. The Bertz CT molecular complexity index is 103. The topological polar surface area (TPSA) is 0 Å². The van der Waals surface area contributed by atoms with Crippen LogP contribution in [-0.4, -0.2) is 0 Å². The smallest absolute Gasteiger partial charge is 0.0262 e. The SMILES string of the molecule is C=CC(C)CC(C)CC(C)C. The van der Waals surface area contributed by atoms with Crippen molar-refractivity contribution < 1.29 is 0 Å². The average molecular weight is 154 g/mol. The molecular formula is C11H22. The molecule has 0 spiro atoms. The number of rotatable bonds is 5. The lowest BCUT2D eigenvalue weighted by Gasteiger charge is -2.15. The molecule has 0 aromatic heterocycles. The van der Waals surface area contributed by atoms with Crippen molar-refractivity contribution in [2.75, 3.05) is 0 Å². The lowest BCUT2D eigenvalue weighted by atomic mass is 9.90. The fraction of sp³-hybridized carbons (Fsp3) is 0.818. The zero-order valence-corrected chi connectivity index (χ0v) is 8.43. The lowest BCUT2D eigenvalue weighted by molar-refractivity contribution is 0.383. The summed E-state index contributed by atoms with van der Waals surface area (Å²) >= 11 is 0. The van der Waals surface area contributed by atoms with Gasteiger partial charge in [-0.05, 0) is 30.6 Å². The predicted octanol–water partition coefficient (Wildman–Crippen LogP) is 3.88. The minimum Gasteiger partial charge on any atom is -0.103 e. The standard InChI is InChI=1S/C11H22/c1-6-10(4)8-11(5)7-9(2)3/h6,9-11H,1,7-8H2,2-5H3. The average Bonchev–Trinajstić information content (AvgIpc) is 1.85. The van der Waals surface area contributed by atoms with Gasteiger partial charge in [-0.3, -0.25) is 0 Å². The van der Waals surface area contributed by atoms with E-state index in [1.54, 1.807) is 0 Å². The van der Waals surface area contributed by atoms with Crippen molar-refractivity contribution >= 4 is 0 Å². The summed E-state index contributed by atoms with van der Waals surface area (Å²) in [6.45, 7) is 12.9. The molecule has 0 heteroatoms. The highest BCUT2D eigenvalue weighted by Gasteiger charge is 2.07. The second-order valence-corrected chi connectivity index (χ2v) is 4.18. The predicted molar refractivity (Wildman–Crippen MR) is 52.6 cm³/mol. The Morgan fingerprint density at radius 3 is 2.00 bits per heavy atom. The maximum atomic E-state index is 3.79. The third-order valence-corrected chi connectivity index (χ3v) is 2.05. The van der Waals surface area contributed by atoms with Gasteiger partial charge in [0, 0.05) is 0 Å². The van der Waals surface area contributed by atoms with Crippen LogP contribution in [0.5, 0.6) is 0 Å². The molecule has 0 saturated carbocycles. The van der Waals surface area contributed by atoms with Gasteiger partial charge in [-0.2, -0.15) is 0 Å². The molecule has 0 N–H and O–H groups in total. The van der Waals surface area contributed by atoms with Gasteiger partial charge in [0.1, 0.15) is 0 Å². The Balaban J connectivity index is 3.51. The van der Waals surface area contributed by atoms with E-state index in [0.717, 1.165) is 11.8 Å². The Kier molecular flexibility index (Phi) is 5.27. The first-order chi connectivity index (χ1) is 5.06. The highest BCUT2D eigenvalue weighted by Crippen LogP contribution is 2.19. The van der Waals surface area contributed by atoms with Gasteiger partial charge in [0.15, 0.2) is 0 Å². The molecule has 0 amide bonds. The van der Waals surface area contributed by atoms with Crippen LogP contribution >= 0.6 is 0 Å². The monoisotopic (exact) mass is 154 g/mol. The molecule has 66 valence electrons. The van der Waals surface area contributed by atoms with Gasteiger partial charge in [0.25, 0.3) is 0 Å². The third-order valence-electron chi connectivity index (χ3n) is 2.05. The number of hydrogen-bond donors (Lipinski definition) is 0. The fourth-order valence-electron chi connectivity index (χ4n) is 1.63. The van der Waals surface area contributed by atoms with Crippen LogP contribution in [0.1, 0.15) is 40.5 Å². The van der Waals surface area contributed by atoms with E-state index in [-0.39, 0.29) is 0 Å². The van der Waals surface area contributed by atoms with Gasteiger partial charge >= 0.3 is 0 Å². The van der Waals surface area contributed by atoms with Crippen LogP contribution in [-0.2, 0) is 0 Å². The van der Waals surface area contributed by atoms with E-state index in [4.69, 9.17) is 0 Å². The van der Waals surface area contributed by atoms with E-state index in [0.29, 0.717) is 5.92 Å². The molecule has 0 saturated heterocycles. The second-order valence-electron chi connectivity index (χ2n) is 4.18. The van der Waals surface area contributed by atoms with Gasteiger partial charge in [-0.1, -0.05) is 33.8 Å². The van der Waals surface area contributed by atoms with Crippen LogP contribution in [0, 0.1) is 17.8 Å². The maximum absolute atomic E-state index is 3.79. The fourth-order valence-corrected chi connectivity index (χ4v) is 1.63. The summed E-state index contributed by atoms with van der Waals surface area (Å²) in [5.74, 6) is 2.37. The van der Waals surface area contributed by atoms with E-state index >= 15 is 0 Å². The molecule has 0 nitrogen and oxygen atoms in total. The largest absolute Gasteiger partial charge is 0.103 e. The molecule has 0 aliphatic heterocycles. The van der Waals surface area contributed by atoms with Crippen LogP contribution in [0.25, 0.3) is 0 Å². The van der Waals surface area contributed by atoms with Gasteiger partial charge < -0.3 is 0 Å². The highest BCUT2D eigenvalue weighted by molar-refractivity contribution is 4.76. The van der Waals surface area contributed by atoms with Crippen molar-refractivity contribution in [1.29, 1.82) is 0 Å². The van der Waals surface area contributed by atoms with Crippen LogP contribution in [0.4, 0.5) is 0 Å². The van der Waals surface area contributed by atoms with Crippen molar-refractivity contribution in [3.05, 3.63) is 12.7 Å². The molecule has 11 heavy (non-hydrogen) atoms. The van der Waals surface area contributed by atoms with Crippen molar-refractivity contribution in [1.82, 2.24) is 0 Å². The van der Waals surface area contributed by atoms with Gasteiger partial charge in [-0.25, -0.2) is 0 Å². The zero-order chi connectivity index (χ0) is 8.85. The first-order valence-corrected chi connectivity index (χ1v) is 4.68. The van der Waals surface area contributed by atoms with Crippen LogP contribution < -0.4 is 0 Å². The van der Waals surface area contributed by atoms with Crippen molar-refractivity contribution in [2.24, 2.45) is 17.8 Å². The second kappa shape index (κ2) is 5.40. The minimum atomic E-state index is 0.684. The zero-order valence-electron chi connectivity index (χ0n) is 8.43. The van der Waals surface area contributed by atoms with Crippen LogP contribution in [0.15, 0.2) is 12.7 Å². The molecule has 0 rings (SSSR count). The van der Waals surface area contributed by atoms with Crippen molar-refractivity contribution in [2.45, 2.75) is 40.5 Å². The van der Waals surface area contributed by atoms with E-state index in [2.05, 4.69) is 40.3 Å². The first-order valence-electron chi connectivity index (χ1n) is 4.68. The lowest BCUT2D eigenvalue weighted by Crippen LogP contribution is -2.04. The van der Waals surface area contributed by atoms with Crippen molar-refractivity contribution in [3.63, 3.8) is 0 Å². The van der Waals surface area contributed by atoms with E-state index in [1.807, 2.05) is 0 Å². The van der Waals surface area contributed by atoms with Gasteiger partial charge in [0.2, 0.25) is 0 Å². The molecule has 0 bridgehead atoms.